The van der Waals surface area contributed by atoms with Crippen LogP contribution in [0.3, 0.4) is 0 Å². The van der Waals surface area contributed by atoms with Gasteiger partial charge >= 0.3 is 12.1 Å². The van der Waals surface area contributed by atoms with E-state index in [1.807, 2.05) is 0 Å². The van der Waals surface area contributed by atoms with E-state index in [4.69, 9.17) is 4.74 Å². The first-order valence-electron chi connectivity index (χ1n) is 12.6. The summed E-state index contributed by atoms with van der Waals surface area (Å²) in [4.78, 5) is 38.9. The first-order chi connectivity index (χ1) is 17.6. The number of rotatable bonds is 7. The Balaban J connectivity index is 1.24. The molecule has 1 unspecified atom stereocenters. The van der Waals surface area contributed by atoms with Crippen molar-refractivity contribution in [1.82, 2.24) is 5.32 Å². The number of carbonyl (C=O) groups excluding carboxylic acids is 3. The zero-order valence-corrected chi connectivity index (χ0v) is 20.2. The molecule has 4 fully saturated rings. The molecule has 4 saturated carbocycles. The second kappa shape index (κ2) is 9.84. The van der Waals surface area contributed by atoms with Gasteiger partial charge in [0.15, 0.2) is 0 Å². The largest absolute Gasteiger partial charge is 0.446 e. The smallest absolute Gasteiger partial charge is 0.416 e. The fourth-order valence-corrected chi connectivity index (χ4v) is 6.78. The van der Waals surface area contributed by atoms with Crippen molar-refractivity contribution >= 4 is 23.5 Å². The quantitative estimate of drug-likeness (QED) is 0.494. The third-order valence-electron chi connectivity index (χ3n) is 7.96. The Hall–Kier alpha value is -3.36. The number of ether oxygens (including phenoxy) is 1. The molecule has 0 aromatic heterocycles. The van der Waals surface area contributed by atoms with Crippen molar-refractivity contribution in [3.05, 3.63) is 65.7 Å². The molecular weight excluding hydrogens is 485 g/mol. The van der Waals surface area contributed by atoms with E-state index in [0.29, 0.717) is 23.3 Å². The maximum Gasteiger partial charge on any atom is 0.416 e. The standard InChI is InChI=1S/C28H29F3N2O4/c29-28(30,31)21-7-4-8-22(12-21)33-25(35)24(20-5-2-1-3-6-20)37-23(34)16-32-26(36)27-13-17-9-18(14-27)11-19(10-17)15-27/h1-8,12,17-19,24H,9-11,13-16H2,(H,32,36)(H,33,35). The Morgan fingerprint density at radius 2 is 1.54 bits per heavy atom. The van der Waals surface area contributed by atoms with Crippen LogP contribution in [0.15, 0.2) is 54.6 Å². The van der Waals surface area contributed by atoms with E-state index in [1.54, 1.807) is 30.3 Å². The predicted molar refractivity (Wildman–Crippen MR) is 129 cm³/mol. The summed E-state index contributed by atoms with van der Waals surface area (Å²) in [5, 5.41) is 5.15. The number of hydrogen-bond acceptors (Lipinski definition) is 4. The average molecular weight is 515 g/mol. The molecule has 0 aliphatic heterocycles. The number of halogens is 3. The molecule has 0 radical (unpaired) electrons. The van der Waals surface area contributed by atoms with E-state index in [2.05, 4.69) is 10.6 Å². The van der Waals surface area contributed by atoms with Gasteiger partial charge in [0.25, 0.3) is 5.91 Å². The van der Waals surface area contributed by atoms with Crippen LogP contribution in [0.25, 0.3) is 0 Å². The number of hydrogen-bond donors (Lipinski definition) is 2. The minimum absolute atomic E-state index is 0.0769. The van der Waals surface area contributed by atoms with Crippen LogP contribution in [0.4, 0.5) is 18.9 Å². The van der Waals surface area contributed by atoms with Crippen LogP contribution < -0.4 is 10.6 Å². The molecule has 1 atom stereocenters. The van der Waals surface area contributed by atoms with Crippen molar-refractivity contribution in [2.75, 3.05) is 11.9 Å². The molecule has 2 aromatic rings. The topological polar surface area (TPSA) is 84.5 Å². The van der Waals surface area contributed by atoms with Gasteiger partial charge in [-0.3, -0.25) is 14.4 Å². The summed E-state index contributed by atoms with van der Waals surface area (Å²) in [5.74, 6) is -0.00601. The number of anilines is 1. The molecular formula is C28H29F3N2O4. The van der Waals surface area contributed by atoms with Gasteiger partial charge in [-0.25, -0.2) is 0 Å². The third-order valence-corrected chi connectivity index (χ3v) is 7.96. The number of nitrogens with one attached hydrogen (secondary N) is 2. The first kappa shape index (κ1) is 25.3. The van der Waals surface area contributed by atoms with Gasteiger partial charge in [0.1, 0.15) is 6.54 Å². The number of alkyl halides is 3. The lowest BCUT2D eigenvalue weighted by atomic mass is 9.49. The molecule has 4 aliphatic rings. The summed E-state index contributed by atoms with van der Waals surface area (Å²) in [6.45, 7) is -0.388. The Bertz CT molecular complexity index is 1150. The van der Waals surface area contributed by atoms with Crippen LogP contribution in [0, 0.1) is 23.2 Å². The lowest BCUT2D eigenvalue weighted by Crippen LogP contribution is -2.54. The van der Waals surface area contributed by atoms with Crippen LogP contribution in [-0.4, -0.2) is 24.3 Å². The highest BCUT2D eigenvalue weighted by molar-refractivity contribution is 5.96. The van der Waals surface area contributed by atoms with Crippen molar-refractivity contribution < 1.29 is 32.3 Å². The summed E-state index contributed by atoms with van der Waals surface area (Å²) >= 11 is 0. The number of carbonyl (C=O) groups is 3. The van der Waals surface area contributed by atoms with E-state index in [0.717, 1.165) is 31.4 Å². The molecule has 4 bridgehead atoms. The predicted octanol–water partition coefficient (Wildman–Crippen LogP) is 5.26. The van der Waals surface area contributed by atoms with Crippen LogP contribution in [0.1, 0.15) is 55.8 Å². The fourth-order valence-electron chi connectivity index (χ4n) is 6.78. The van der Waals surface area contributed by atoms with Gasteiger partial charge in [0, 0.05) is 16.7 Å². The van der Waals surface area contributed by atoms with E-state index < -0.39 is 35.1 Å². The van der Waals surface area contributed by atoms with Crippen molar-refractivity contribution in [3.63, 3.8) is 0 Å². The molecule has 37 heavy (non-hydrogen) atoms. The molecule has 0 heterocycles. The van der Waals surface area contributed by atoms with Crippen LogP contribution >= 0.6 is 0 Å². The molecule has 2 amide bonds. The van der Waals surface area contributed by atoms with Crippen molar-refractivity contribution in [1.29, 1.82) is 0 Å². The minimum Gasteiger partial charge on any atom is -0.446 e. The second-order valence-electron chi connectivity index (χ2n) is 10.7. The van der Waals surface area contributed by atoms with Gasteiger partial charge in [-0.15, -0.1) is 0 Å². The highest BCUT2D eigenvalue weighted by atomic mass is 19.4. The monoisotopic (exact) mass is 514 g/mol. The molecule has 2 aromatic carbocycles. The van der Waals surface area contributed by atoms with E-state index in [9.17, 15) is 27.6 Å². The van der Waals surface area contributed by atoms with Crippen LogP contribution in [-0.2, 0) is 25.3 Å². The van der Waals surface area contributed by atoms with Gasteiger partial charge in [-0.2, -0.15) is 13.2 Å². The lowest BCUT2D eigenvalue weighted by Gasteiger charge is -2.55. The summed E-state index contributed by atoms with van der Waals surface area (Å²) < 4.78 is 44.7. The van der Waals surface area contributed by atoms with E-state index in [-0.39, 0.29) is 18.1 Å². The average Bonchev–Trinajstić information content (AvgIpc) is 2.85. The summed E-state index contributed by atoms with van der Waals surface area (Å²) in [6.07, 6.45) is 0.154. The molecule has 9 heteroatoms. The number of amides is 2. The maximum atomic E-state index is 13.2. The van der Waals surface area contributed by atoms with E-state index >= 15 is 0 Å². The number of benzene rings is 2. The van der Waals surface area contributed by atoms with Gasteiger partial charge in [-0.05, 0) is 74.5 Å². The van der Waals surface area contributed by atoms with Gasteiger partial charge in [-0.1, -0.05) is 36.4 Å². The Morgan fingerprint density at radius 3 is 2.14 bits per heavy atom. The maximum absolute atomic E-state index is 13.2. The molecule has 0 saturated heterocycles. The molecule has 6 nitrogen and oxygen atoms in total. The van der Waals surface area contributed by atoms with Gasteiger partial charge in [0.05, 0.1) is 5.56 Å². The Kier molecular flexibility index (Phi) is 6.72. The van der Waals surface area contributed by atoms with Crippen molar-refractivity contribution in [2.45, 2.75) is 50.8 Å². The highest BCUT2D eigenvalue weighted by Gasteiger charge is 2.54. The zero-order chi connectivity index (χ0) is 26.2. The SMILES string of the molecule is O=C(CNC(=O)C12CC3CC(CC(C3)C1)C2)OC(C(=O)Nc1cccc(C(F)(F)F)c1)c1ccccc1. The Labute approximate surface area is 213 Å². The van der Waals surface area contributed by atoms with Crippen LogP contribution in [0.2, 0.25) is 0 Å². The van der Waals surface area contributed by atoms with Crippen molar-refractivity contribution in [2.24, 2.45) is 23.2 Å². The normalized spacial score (nSPS) is 26.8. The van der Waals surface area contributed by atoms with Crippen molar-refractivity contribution in [3.8, 4) is 0 Å². The second-order valence-corrected chi connectivity index (χ2v) is 10.7. The molecule has 2 N–H and O–H groups in total. The lowest BCUT2D eigenvalue weighted by molar-refractivity contribution is -0.156. The third kappa shape index (κ3) is 5.50. The summed E-state index contributed by atoms with van der Waals surface area (Å²) in [7, 11) is 0. The fraction of sp³-hybridized carbons (Fsp3) is 0.464. The number of esters is 1. The molecule has 196 valence electrons. The van der Waals surface area contributed by atoms with Gasteiger partial charge in [0.2, 0.25) is 12.0 Å². The van der Waals surface area contributed by atoms with Gasteiger partial charge < -0.3 is 15.4 Å². The Morgan fingerprint density at radius 1 is 0.919 bits per heavy atom. The summed E-state index contributed by atoms with van der Waals surface area (Å²) in [6, 6.07) is 12.4. The molecule has 4 aliphatic carbocycles. The highest BCUT2D eigenvalue weighted by Crippen LogP contribution is 2.60. The first-order valence-corrected chi connectivity index (χ1v) is 12.6. The summed E-state index contributed by atoms with van der Waals surface area (Å²) in [5.41, 5.74) is -1.06. The molecule has 0 spiro atoms. The van der Waals surface area contributed by atoms with Crippen LogP contribution in [0.5, 0.6) is 0 Å². The molecule has 6 rings (SSSR count). The zero-order valence-electron chi connectivity index (χ0n) is 20.2. The van der Waals surface area contributed by atoms with E-state index in [1.165, 1.54) is 31.4 Å². The minimum atomic E-state index is -4.57.